The number of aromatic nitrogens is 2. The average molecular weight is 390 g/mol. The Morgan fingerprint density at radius 2 is 1.83 bits per heavy atom. The number of amides is 1. The van der Waals surface area contributed by atoms with Crippen LogP contribution in [-0.4, -0.2) is 64.0 Å². The van der Waals surface area contributed by atoms with E-state index in [1.165, 1.54) is 12.8 Å². The number of likely N-dealkylation sites (tertiary alicyclic amines) is 1. The zero-order valence-electron chi connectivity index (χ0n) is 16.5. The van der Waals surface area contributed by atoms with Gasteiger partial charge in [0, 0.05) is 25.5 Å². The number of ether oxygens (including phenoxy) is 1. The van der Waals surface area contributed by atoms with Crippen molar-refractivity contribution in [1.82, 2.24) is 19.2 Å². The van der Waals surface area contributed by atoms with Crippen LogP contribution in [0, 0.1) is 0 Å². The molecule has 0 bridgehead atoms. The highest BCUT2D eigenvalue weighted by Gasteiger charge is 2.38. The third kappa shape index (κ3) is 3.66. The van der Waals surface area contributed by atoms with Crippen molar-refractivity contribution in [2.75, 3.05) is 32.8 Å². The second-order valence-corrected chi connectivity index (χ2v) is 7.86. The number of nitrogens with zero attached hydrogens (tertiary/aromatic N) is 4. The van der Waals surface area contributed by atoms with E-state index in [0.717, 1.165) is 30.8 Å². The van der Waals surface area contributed by atoms with Crippen LogP contribution in [0.3, 0.4) is 0 Å². The fourth-order valence-electron chi connectivity index (χ4n) is 4.56. The lowest BCUT2D eigenvalue weighted by atomic mass is 9.97. The number of carbonyl (C=O) groups is 1. The van der Waals surface area contributed by atoms with Crippen LogP contribution < -0.4 is 0 Å². The summed E-state index contributed by atoms with van der Waals surface area (Å²) in [5.74, 6) is -0.0303. The molecule has 2 aliphatic heterocycles. The first-order valence-electron chi connectivity index (χ1n) is 10.4. The Labute approximate surface area is 170 Å². The number of pyridine rings is 1. The summed E-state index contributed by atoms with van der Waals surface area (Å²) in [7, 11) is 0. The molecule has 2 aromatic heterocycles. The molecule has 0 radical (unpaired) electrons. The molecule has 1 amide bonds. The minimum atomic E-state index is -0.108. The molecule has 0 N–H and O–H groups in total. The van der Waals surface area contributed by atoms with Gasteiger partial charge in [0.05, 0.1) is 18.8 Å². The second kappa shape index (κ2) is 7.97. The maximum atomic E-state index is 13.5. The molecule has 1 aromatic carbocycles. The van der Waals surface area contributed by atoms with Crippen molar-refractivity contribution >= 4 is 11.6 Å². The molecular weight excluding hydrogens is 364 g/mol. The SMILES string of the molecule is O=C(c1cn2ccccc2n1)N1CCO[C@@H](CN2CCCC2)[C@@H]1c1ccccc1. The van der Waals surface area contributed by atoms with Gasteiger partial charge in [-0.05, 0) is 43.6 Å². The van der Waals surface area contributed by atoms with Gasteiger partial charge in [0.25, 0.3) is 5.91 Å². The Morgan fingerprint density at radius 1 is 1.03 bits per heavy atom. The predicted octanol–water partition coefficient (Wildman–Crippen LogP) is 3.01. The van der Waals surface area contributed by atoms with Gasteiger partial charge in [-0.25, -0.2) is 4.98 Å². The Kier molecular flexibility index (Phi) is 5.04. The van der Waals surface area contributed by atoms with Crippen LogP contribution in [0.4, 0.5) is 0 Å². The molecule has 29 heavy (non-hydrogen) atoms. The molecule has 2 atom stereocenters. The van der Waals surface area contributed by atoms with E-state index in [1.54, 1.807) is 0 Å². The van der Waals surface area contributed by atoms with Crippen molar-refractivity contribution < 1.29 is 9.53 Å². The van der Waals surface area contributed by atoms with Gasteiger partial charge in [-0.1, -0.05) is 36.4 Å². The maximum absolute atomic E-state index is 13.5. The Balaban J connectivity index is 1.47. The highest BCUT2D eigenvalue weighted by atomic mass is 16.5. The molecule has 2 saturated heterocycles. The number of morpholine rings is 1. The van der Waals surface area contributed by atoms with E-state index in [4.69, 9.17) is 4.74 Å². The number of benzene rings is 1. The molecular formula is C23H26N4O2. The lowest BCUT2D eigenvalue weighted by Gasteiger charge is -2.42. The van der Waals surface area contributed by atoms with Crippen LogP contribution in [-0.2, 0) is 4.74 Å². The average Bonchev–Trinajstić information content (AvgIpc) is 3.43. The summed E-state index contributed by atoms with van der Waals surface area (Å²) in [6.07, 6.45) is 6.19. The molecule has 2 aliphatic rings. The van der Waals surface area contributed by atoms with Crippen LogP contribution >= 0.6 is 0 Å². The number of hydrogen-bond donors (Lipinski definition) is 0. The summed E-state index contributed by atoms with van der Waals surface area (Å²) in [4.78, 5) is 22.5. The summed E-state index contributed by atoms with van der Waals surface area (Å²) in [6, 6.07) is 16.0. The summed E-state index contributed by atoms with van der Waals surface area (Å²) in [6.45, 7) is 4.21. The van der Waals surface area contributed by atoms with Crippen LogP contribution in [0.25, 0.3) is 5.65 Å². The van der Waals surface area contributed by atoms with Crippen molar-refractivity contribution in [2.45, 2.75) is 25.0 Å². The Bertz CT molecular complexity index is 948. The number of carbonyl (C=O) groups excluding carboxylic acids is 1. The van der Waals surface area contributed by atoms with E-state index < -0.39 is 0 Å². The van der Waals surface area contributed by atoms with Crippen molar-refractivity contribution in [1.29, 1.82) is 0 Å². The molecule has 6 heteroatoms. The van der Waals surface area contributed by atoms with E-state index in [9.17, 15) is 4.79 Å². The molecule has 0 unspecified atom stereocenters. The zero-order valence-corrected chi connectivity index (χ0v) is 16.5. The maximum Gasteiger partial charge on any atom is 0.274 e. The van der Waals surface area contributed by atoms with E-state index in [-0.39, 0.29) is 18.1 Å². The van der Waals surface area contributed by atoms with Crippen molar-refractivity contribution in [3.05, 3.63) is 72.2 Å². The van der Waals surface area contributed by atoms with Gasteiger partial charge < -0.3 is 18.9 Å². The van der Waals surface area contributed by atoms with E-state index in [1.807, 2.05) is 58.1 Å². The minimum absolute atomic E-state index is 0.0303. The normalized spacial score (nSPS) is 23.0. The molecule has 3 aromatic rings. The van der Waals surface area contributed by atoms with Gasteiger partial charge in [-0.3, -0.25) is 4.79 Å². The molecule has 0 aliphatic carbocycles. The Morgan fingerprint density at radius 3 is 2.62 bits per heavy atom. The van der Waals surface area contributed by atoms with Gasteiger partial charge in [0.15, 0.2) is 0 Å². The lowest BCUT2D eigenvalue weighted by molar-refractivity contribution is -0.0708. The number of hydrogen-bond acceptors (Lipinski definition) is 4. The van der Waals surface area contributed by atoms with Crippen LogP contribution in [0.15, 0.2) is 60.9 Å². The third-order valence-electron chi connectivity index (χ3n) is 5.97. The highest BCUT2D eigenvalue weighted by Crippen LogP contribution is 2.32. The van der Waals surface area contributed by atoms with Crippen LogP contribution in [0.5, 0.6) is 0 Å². The van der Waals surface area contributed by atoms with Gasteiger partial charge in [-0.2, -0.15) is 0 Å². The largest absolute Gasteiger partial charge is 0.373 e. The molecule has 5 rings (SSSR count). The summed E-state index contributed by atoms with van der Waals surface area (Å²) in [5, 5.41) is 0. The smallest absolute Gasteiger partial charge is 0.274 e. The fraction of sp³-hybridized carbons (Fsp3) is 0.391. The van der Waals surface area contributed by atoms with Crippen molar-refractivity contribution in [3.8, 4) is 0 Å². The fourth-order valence-corrected chi connectivity index (χ4v) is 4.56. The van der Waals surface area contributed by atoms with Gasteiger partial charge in [0.2, 0.25) is 0 Å². The minimum Gasteiger partial charge on any atom is -0.373 e. The summed E-state index contributed by atoms with van der Waals surface area (Å²) >= 11 is 0. The van der Waals surface area contributed by atoms with Crippen molar-refractivity contribution in [2.24, 2.45) is 0 Å². The first kappa shape index (κ1) is 18.3. The van der Waals surface area contributed by atoms with Gasteiger partial charge in [-0.15, -0.1) is 0 Å². The molecule has 0 saturated carbocycles. The van der Waals surface area contributed by atoms with Gasteiger partial charge in [0.1, 0.15) is 11.3 Å². The molecule has 2 fully saturated rings. The number of rotatable bonds is 4. The summed E-state index contributed by atoms with van der Waals surface area (Å²) < 4.78 is 8.12. The standard InChI is InChI=1S/C23H26N4O2/c28-23(19-16-26-13-5-4-10-21(26)24-19)27-14-15-29-20(17-25-11-6-7-12-25)22(27)18-8-2-1-3-9-18/h1-5,8-10,13,16,20,22H,6-7,11-12,14-15,17H2/t20-,22-/m0/s1. The van der Waals surface area contributed by atoms with Crippen molar-refractivity contribution in [3.63, 3.8) is 0 Å². The highest BCUT2D eigenvalue weighted by molar-refractivity contribution is 5.93. The van der Waals surface area contributed by atoms with E-state index in [2.05, 4.69) is 22.0 Å². The lowest BCUT2D eigenvalue weighted by Crippen LogP contribution is -2.51. The van der Waals surface area contributed by atoms with Gasteiger partial charge >= 0.3 is 0 Å². The van der Waals surface area contributed by atoms with E-state index in [0.29, 0.717) is 18.8 Å². The molecule has 0 spiro atoms. The van der Waals surface area contributed by atoms with Crippen LogP contribution in [0.1, 0.15) is 34.9 Å². The predicted molar refractivity (Wildman–Crippen MR) is 111 cm³/mol. The molecule has 150 valence electrons. The number of fused-ring (bicyclic) bond motifs is 1. The molecule has 4 heterocycles. The summed E-state index contributed by atoms with van der Waals surface area (Å²) in [5.41, 5.74) is 2.39. The first-order valence-corrected chi connectivity index (χ1v) is 10.4. The van der Waals surface area contributed by atoms with E-state index >= 15 is 0 Å². The molecule has 6 nitrogen and oxygen atoms in total. The van der Waals surface area contributed by atoms with Crippen LogP contribution in [0.2, 0.25) is 0 Å². The zero-order chi connectivity index (χ0) is 19.6. The topological polar surface area (TPSA) is 50.1 Å². The monoisotopic (exact) mass is 390 g/mol. The first-order chi connectivity index (χ1) is 14.3. The number of imidazole rings is 1. The quantitative estimate of drug-likeness (QED) is 0.687. The third-order valence-corrected chi connectivity index (χ3v) is 5.97. The Hall–Kier alpha value is -2.70. The second-order valence-electron chi connectivity index (χ2n) is 7.86.